The van der Waals surface area contributed by atoms with Crippen LogP contribution in [0.2, 0.25) is 0 Å². The van der Waals surface area contributed by atoms with E-state index >= 15 is 0 Å². The van der Waals surface area contributed by atoms with E-state index in [4.69, 9.17) is 18.5 Å². The Hall–Kier alpha value is -3.37. The lowest BCUT2D eigenvalue weighted by atomic mass is 10.1. The van der Waals surface area contributed by atoms with Gasteiger partial charge in [-0.15, -0.1) is 0 Å². The van der Waals surface area contributed by atoms with Gasteiger partial charge in [-0.25, -0.2) is 4.57 Å². The predicted octanol–water partition coefficient (Wildman–Crippen LogP) is 11.3. The van der Waals surface area contributed by atoms with Gasteiger partial charge in [0.15, 0.2) is 6.10 Å². The number of phosphoric acid groups is 1. The number of unbranched alkanes of at least 4 members (excludes halogenated alkanes) is 5. The van der Waals surface area contributed by atoms with E-state index in [1.165, 1.54) is 0 Å². The van der Waals surface area contributed by atoms with Crippen LogP contribution in [0.3, 0.4) is 0 Å². The second-order valence-corrected chi connectivity index (χ2v) is 16.6. The van der Waals surface area contributed by atoms with Gasteiger partial charge in [-0.3, -0.25) is 18.6 Å². The molecule has 0 saturated carbocycles. The summed E-state index contributed by atoms with van der Waals surface area (Å²) >= 11 is 0. The first-order chi connectivity index (χ1) is 28.4. The molecule has 334 valence electrons. The van der Waals surface area contributed by atoms with Crippen molar-refractivity contribution in [3.8, 4) is 0 Å². The lowest BCUT2D eigenvalue weighted by Crippen LogP contribution is -2.37. The van der Waals surface area contributed by atoms with E-state index < -0.39 is 38.6 Å². The number of hydrogen-bond acceptors (Lipinski definition) is 8. The molecule has 2 N–H and O–H groups in total. The molecular weight excluding hydrogens is 766 g/mol. The number of carbonyl (C=O) groups is 2. The van der Waals surface area contributed by atoms with Gasteiger partial charge >= 0.3 is 19.8 Å². The zero-order chi connectivity index (χ0) is 43.7. The van der Waals surface area contributed by atoms with Crippen LogP contribution in [-0.2, 0) is 32.7 Å². The van der Waals surface area contributed by atoms with E-state index in [0.29, 0.717) is 36.7 Å². The lowest BCUT2D eigenvalue weighted by molar-refractivity contribution is -0.870. The first-order valence-corrected chi connectivity index (χ1v) is 23.2. The molecule has 0 bridgehead atoms. The highest BCUT2D eigenvalue weighted by atomic mass is 31.2. The first kappa shape index (κ1) is 55.6. The van der Waals surface area contributed by atoms with E-state index in [-0.39, 0.29) is 26.1 Å². The van der Waals surface area contributed by atoms with E-state index in [1.807, 2.05) is 57.6 Å². The van der Waals surface area contributed by atoms with Gasteiger partial charge in [0, 0.05) is 12.8 Å². The Morgan fingerprint density at radius 3 is 1.75 bits per heavy atom. The maximum absolute atomic E-state index is 12.7. The molecule has 0 radical (unpaired) electrons. The molecule has 11 heteroatoms. The zero-order valence-electron chi connectivity index (χ0n) is 37.0. The van der Waals surface area contributed by atoms with Gasteiger partial charge in [-0.05, 0) is 83.5 Å². The summed E-state index contributed by atoms with van der Waals surface area (Å²) in [7, 11) is 1.37. The fourth-order valence-corrected chi connectivity index (χ4v) is 5.75. The van der Waals surface area contributed by atoms with Gasteiger partial charge < -0.3 is 24.0 Å². The van der Waals surface area contributed by atoms with Crippen LogP contribution >= 0.6 is 7.82 Å². The maximum atomic E-state index is 12.7. The summed E-state index contributed by atoms with van der Waals surface area (Å²) in [6.45, 7) is 3.97. The van der Waals surface area contributed by atoms with Gasteiger partial charge in [0.05, 0.1) is 33.9 Å². The highest BCUT2D eigenvalue weighted by molar-refractivity contribution is 7.47. The topological polar surface area (TPSA) is 129 Å². The van der Waals surface area contributed by atoms with Crippen molar-refractivity contribution in [3.05, 3.63) is 109 Å². The van der Waals surface area contributed by atoms with Crippen LogP contribution in [0.25, 0.3) is 0 Å². The van der Waals surface area contributed by atoms with Crippen molar-refractivity contribution in [2.75, 3.05) is 47.5 Å². The molecular formula is C48H79NO9P+. The number of aliphatic hydroxyl groups is 1. The summed E-state index contributed by atoms with van der Waals surface area (Å²) < 4.78 is 34.2. The smallest absolute Gasteiger partial charge is 0.462 e. The van der Waals surface area contributed by atoms with Gasteiger partial charge in [0.2, 0.25) is 0 Å². The van der Waals surface area contributed by atoms with E-state index in [2.05, 4.69) is 80.7 Å². The summed E-state index contributed by atoms with van der Waals surface area (Å²) in [5, 5.41) is 10.0. The minimum atomic E-state index is -4.42. The third-order valence-corrected chi connectivity index (χ3v) is 9.36. The summed E-state index contributed by atoms with van der Waals surface area (Å²) in [6.07, 6.45) is 48.9. The van der Waals surface area contributed by atoms with Crippen molar-refractivity contribution in [1.29, 1.82) is 0 Å². The molecule has 0 amide bonds. The van der Waals surface area contributed by atoms with Crippen LogP contribution in [0.5, 0.6) is 0 Å². The number of ether oxygens (including phenoxy) is 2. The molecule has 0 aromatic heterocycles. The standard InChI is InChI=1S/C48H78NO9P/c1-6-8-10-12-14-15-16-17-18-19-20-21-22-23-28-32-36-40-48(52)58-46(44-57-59(53,54)56-42-41-49(3,4)5)43-55-47(51)39-35-31-27-25-24-26-30-34-38-45(50)37-33-29-13-11-9-7-2/h8-11,14-15,17-18,20-21,25-27,29-30,33-34,38,45-46,50H,6-7,12-13,16,19,22-24,28,31-32,35-37,39-44H2,1-5H3/p+1/b10-8-,11-9-,15-14-,18-17-,21-20-,27-25-,30-26-,33-29-,38-34+/t45?,46-/m1/s1. The summed E-state index contributed by atoms with van der Waals surface area (Å²) in [5.41, 5.74) is 0. The van der Waals surface area contributed by atoms with E-state index in [9.17, 15) is 24.2 Å². The van der Waals surface area contributed by atoms with Crippen LogP contribution in [0.4, 0.5) is 0 Å². The van der Waals surface area contributed by atoms with Gasteiger partial charge in [-0.2, -0.15) is 0 Å². The zero-order valence-corrected chi connectivity index (χ0v) is 37.9. The minimum Gasteiger partial charge on any atom is -0.462 e. The number of aliphatic hydroxyl groups excluding tert-OH is 1. The Morgan fingerprint density at radius 1 is 0.610 bits per heavy atom. The SMILES string of the molecule is CC/C=C\C/C=C\C/C=C\C/C=C\CCCCCCC(=O)O[C@H](COC(=O)CCC/C=C\C/C=C\C=C\C(O)C/C=C\C/C=C\CC)COP(=O)(O)OCC[N+](C)(C)C. The summed E-state index contributed by atoms with van der Waals surface area (Å²) in [6, 6.07) is 0. The number of hydrogen-bond donors (Lipinski definition) is 2. The molecule has 0 aliphatic heterocycles. The quantitative estimate of drug-likeness (QED) is 0.0157. The van der Waals surface area contributed by atoms with Crippen LogP contribution in [-0.4, -0.2) is 86.1 Å². The molecule has 0 fully saturated rings. The molecule has 0 aliphatic rings. The van der Waals surface area contributed by atoms with Crippen LogP contribution in [0.1, 0.15) is 123 Å². The van der Waals surface area contributed by atoms with Crippen molar-refractivity contribution < 1.29 is 47.2 Å². The van der Waals surface area contributed by atoms with Gasteiger partial charge in [0.25, 0.3) is 0 Å². The van der Waals surface area contributed by atoms with Crippen molar-refractivity contribution >= 4 is 19.8 Å². The second kappa shape index (κ2) is 38.8. The molecule has 0 spiro atoms. The predicted molar refractivity (Wildman–Crippen MR) is 244 cm³/mol. The molecule has 3 atom stereocenters. The number of nitrogens with zero attached hydrogens (tertiary/aromatic N) is 1. The fourth-order valence-electron chi connectivity index (χ4n) is 5.00. The van der Waals surface area contributed by atoms with Crippen LogP contribution in [0, 0.1) is 0 Å². The monoisotopic (exact) mass is 845 g/mol. The van der Waals surface area contributed by atoms with Crippen LogP contribution < -0.4 is 0 Å². The number of likely N-dealkylation sites (N-methyl/N-ethyl adjacent to an activating group) is 1. The van der Waals surface area contributed by atoms with Crippen molar-refractivity contribution in [2.45, 2.75) is 135 Å². The Balaban J connectivity index is 4.60. The summed E-state index contributed by atoms with van der Waals surface area (Å²) in [4.78, 5) is 35.4. The van der Waals surface area contributed by atoms with Crippen molar-refractivity contribution in [3.63, 3.8) is 0 Å². The van der Waals surface area contributed by atoms with E-state index in [0.717, 1.165) is 70.6 Å². The first-order valence-electron chi connectivity index (χ1n) is 21.7. The normalized spacial score (nSPS) is 15.2. The lowest BCUT2D eigenvalue weighted by Gasteiger charge is -2.24. The van der Waals surface area contributed by atoms with Gasteiger partial charge in [-0.1, -0.05) is 136 Å². The number of phosphoric ester groups is 1. The molecule has 10 nitrogen and oxygen atoms in total. The van der Waals surface area contributed by atoms with Crippen LogP contribution in [0.15, 0.2) is 109 Å². The molecule has 0 rings (SSSR count). The van der Waals surface area contributed by atoms with Gasteiger partial charge in [0.1, 0.15) is 19.8 Å². The maximum Gasteiger partial charge on any atom is 0.472 e. The van der Waals surface area contributed by atoms with Crippen molar-refractivity contribution in [2.24, 2.45) is 0 Å². The molecule has 0 aliphatic carbocycles. The number of allylic oxidation sites excluding steroid dienone is 16. The second-order valence-electron chi connectivity index (χ2n) is 15.2. The third-order valence-electron chi connectivity index (χ3n) is 8.38. The fraction of sp³-hybridized carbons (Fsp3) is 0.583. The highest BCUT2D eigenvalue weighted by Gasteiger charge is 2.27. The number of quaternary nitrogens is 1. The number of esters is 2. The number of carbonyl (C=O) groups excluding carboxylic acids is 2. The largest absolute Gasteiger partial charge is 0.472 e. The summed E-state index contributed by atoms with van der Waals surface area (Å²) in [5.74, 6) is -0.948. The van der Waals surface area contributed by atoms with Crippen molar-refractivity contribution in [1.82, 2.24) is 0 Å². The molecule has 2 unspecified atom stereocenters. The minimum absolute atomic E-state index is 0.000722. The Morgan fingerprint density at radius 2 is 1.14 bits per heavy atom. The molecule has 0 aromatic carbocycles. The molecule has 0 saturated heterocycles. The van der Waals surface area contributed by atoms with E-state index in [1.54, 1.807) is 6.08 Å². The molecule has 0 aromatic rings. The Bertz CT molecular complexity index is 1380. The molecule has 0 heterocycles. The third kappa shape index (κ3) is 42.6. The molecule has 59 heavy (non-hydrogen) atoms. The Kier molecular flexibility index (Phi) is 36.6. The average Bonchev–Trinajstić information content (AvgIpc) is 3.18. The highest BCUT2D eigenvalue weighted by Crippen LogP contribution is 2.43. The number of rotatable bonds is 37. The Labute approximate surface area is 358 Å². The average molecular weight is 845 g/mol.